The number of urea groups is 1. The van der Waals surface area contributed by atoms with Crippen LogP contribution in [0.25, 0.3) is 11.5 Å². The van der Waals surface area contributed by atoms with Gasteiger partial charge in [0.05, 0.1) is 19.4 Å². The second-order valence-corrected chi connectivity index (χ2v) is 7.54. The van der Waals surface area contributed by atoms with Gasteiger partial charge in [-0.1, -0.05) is 6.07 Å². The normalized spacial score (nSPS) is 20.2. The maximum absolute atomic E-state index is 12.5. The van der Waals surface area contributed by atoms with E-state index >= 15 is 0 Å². The van der Waals surface area contributed by atoms with Crippen molar-refractivity contribution in [3.63, 3.8) is 0 Å². The first-order chi connectivity index (χ1) is 15.3. The summed E-state index contributed by atoms with van der Waals surface area (Å²) in [5, 5.41) is 7.02. The van der Waals surface area contributed by atoms with Gasteiger partial charge in [0.15, 0.2) is 18.0 Å². The zero-order valence-electron chi connectivity index (χ0n) is 17.9. The number of nitrogens with one attached hydrogen (secondary N) is 1. The van der Waals surface area contributed by atoms with Crippen molar-refractivity contribution in [1.82, 2.24) is 39.3 Å². The largest absolute Gasteiger partial charge is 0.353 e. The molecule has 2 aliphatic rings. The first-order valence-corrected chi connectivity index (χ1v) is 9.95. The predicted octanol–water partition coefficient (Wildman–Crippen LogP) is -1.68. The number of fused-ring (bicyclic) bond motifs is 1. The average molecular weight is 441 g/mol. The summed E-state index contributed by atoms with van der Waals surface area (Å²) < 4.78 is 2.66. The van der Waals surface area contributed by atoms with Gasteiger partial charge in [-0.15, -0.1) is 5.10 Å². The smallest absolute Gasteiger partial charge is 0.346 e. The summed E-state index contributed by atoms with van der Waals surface area (Å²) in [6.07, 6.45) is 2.38. The molecule has 4 rings (SSSR count). The Hall–Kier alpha value is -4.03. The van der Waals surface area contributed by atoms with Crippen LogP contribution >= 0.6 is 0 Å². The molecule has 2 aliphatic heterocycles. The van der Waals surface area contributed by atoms with Gasteiger partial charge in [-0.3, -0.25) is 24.0 Å². The van der Waals surface area contributed by atoms with E-state index in [1.165, 1.54) is 32.4 Å². The van der Waals surface area contributed by atoms with E-state index in [-0.39, 0.29) is 31.2 Å². The van der Waals surface area contributed by atoms with Crippen LogP contribution in [0.1, 0.15) is 0 Å². The van der Waals surface area contributed by atoms with E-state index in [1.807, 2.05) is 0 Å². The Morgan fingerprint density at radius 2 is 1.94 bits per heavy atom. The van der Waals surface area contributed by atoms with Gasteiger partial charge in [-0.25, -0.2) is 19.3 Å². The van der Waals surface area contributed by atoms with Crippen molar-refractivity contribution in [2.24, 2.45) is 12.0 Å². The summed E-state index contributed by atoms with van der Waals surface area (Å²) in [6.45, 7) is 0.232. The minimum atomic E-state index is -0.743. The topological polar surface area (TPSA) is 138 Å². The number of carbonyl (C=O) groups is 3. The van der Waals surface area contributed by atoms with E-state index < -0.39 is 24.1 Å². The Kier molecular flexibility index (Phi) is 5.47. The molecule has 4 heterocycles. The number of amides is 4. The first-order valence-electron chi connectivity index (χ1n) is 9.95. The van der Waals surface area contributed by atoms with E-state index in [9.17, 15) is 19.2 Å². The van der Waals surface area contributed by atoms with Gasteiger partial charge in [-0.2, -0.15) is 0 Å². The van der Waals surface area contributed by atoms with Crippen LogP contribution in [0.4, 0.5) is 4.79 Å². The minimum Gasteiger partial charge on any atom is -0.353 e. The molecule has 0 aliphatic carbocycles. The summed E-state index contributed by atoms with van der Waals surface area (Å²) >= 11 is 0. The second kappa shape index (κ2) is 8.24. The van der Waals surface area contributed by atoms with Crippen LogP contribution in [0.2, 0.25) is 0 Å². The van der Waals surface area contributed by atoms with Gasteiger partial charge in [-0.05, 0) is 12.1 Å². The van der Waals surface area contributed by atoms with Crippen molar-refractivity contribution in [2.45, 2.75) is 18.8 Å². The Balaban J connectivity index is 1.35. The number of pyridine rings is 1. The van der Waals surface area contributed by atoms with E-state index in [0.717, 1.165) is 4.90 Å². The maximum Gasteiger partial charge on any atom is 0.346 e. The molecule has 2 atom stereocenters. The number of nitrogens with zero attached hydrogens (tertiary/aromatic N) is 8. The molecule has 4 amide bonds. The van der Waals surface area contributed by atoms with Crippen molar-refractivity contribution in [1.29, 1.82) is 0 Å². The van der Waals surface area contributed by atoms with Crippen molar-refractivity contribution in [3.05, 3.63) is 34.9 Å². The summed E-state index contributed by atoms with van der Waals surface area (Å²) in [7, 11) is 4.57. The lowest BCUT2D eigenvalue weighted by Crippen LogP contribution is -2.64. The van der Waals surface area contributed by atoms with Crippen LogP contribution in [-0.4, -0.2) is 97.6 Å². The van der Waals surface area contributed by atoms with Crippen molar-refractivity contribution in [2.75, 3.05) is 27.2 Å². The van der Waals surface area contributed by atoms with Crippen LogP contribution in [0.5, 0.6) is 0 Å². The Morgan fingerprint density at radius 3 is 2.66 bits per heavy atom. The summed E-state index contributed by atoms with van der Waals surface area (Å²) in [5.41, 5.74) is 0.251. The first kappa shape index (κ1) is 21.2. The molecule has 0 saturated carbocycles. The van der Waals surface area contributed by atoms with Crippen molar-refractivity contribution in [3.8, 4) is 11.5 Å². The fourth-order valence-electron chi connectivity index (χ4n) is 3.72. The number of hydrogen-bond acceptors (Lipinski definition) is 8. The van der Waals surface area contributed by atoms with E-state index in [0.29, 0.717) is 11.5 Å². The third-order valence-corrected chi connectivity index (χ3v) is 5.48. The fourth-order valence-corrected chi connectivity index (χ4v) is 3.72. The number of likely N-dealkylation sites (N-methyl/N-ethyl adjacent to an activating group) is 2. The molecule has 168 valence electrons. The third kappa shape index (κ3) is 3.61. The highest BCUT2D eigenvalue weighted by atomic mass is 16.2. The van der Waals surface area contributed by atoms with Crippen LogP contribution < -0.4 is 11.0 Å². The zero-order valence-corrected chi connectivity index (χ0v) is 17.9. The van der Waals surface area contributed by atoms with Gasteiger partial charge >= 0.3 is 11.7 Å². The lowest BCUT2D eigenvalue weighted by Gasteiger charge is -2.39. The Bertz CT molecular complexity index is 1140. The molecule has 1 saturated heterocycles. The van der Waals surface area contributed by atoms with Crippen LogP contribution in [0, 0.1) is 0 Å². The molecule has 0 radical (unpaired) electrons. The molecule has 13 nitrogen and oxygen atoms in total. The number of aliphatic imine (C=N–C) groups is 1. The van der Waals surface area contributed by atoms with Gasteiger partial charge in [0.2, 0.25) is 5.91 Å². The molecule has 1 fully saturated rings. The van der Waals surface area contributed by atoms with Gasteiger partial charge in [0, 0.05) is 33.9 Å². The fraction of sp³-hybridized carbons (Fsp3) is 0.421. The molecule has 0 spiro atoms. The predicted molar refractivity (Wildman–Crippen MR) is 112 cm³/mol. The van der Waals surface area contributed by atoms with Gasteiger partial charge < -0.3 is 15.1 Å². The van der Waals surface area contributed by atoms with E-state index in [2.05, 4.69) is 20.4 Å². The van der Waals surface area contributed by atoms with E-state index in [1.54, 1.807) is 38.5 Å². The molecule has 13 heteroatoms. The molecule has 2 unspecified atom stereocenters. The highest BCUT2D eigenvalue weighted by molar-refractivity contribution is 6.02. The molecule has 2 aromatic heterocycles. The monoisotopic (exact) mass is 441 g/mol. The van der Waals surface area contributed by atoms with Crippen LogP contribution in [0.15, 0.2) is 34.2 Å². The molecule has 32 heavy (non-hydrogen) atoms. The standard InChI is InChI=1S/C19H23N9O4/c1-24-15(12-6-4-5-7-20-12)23-28(19(24)32)9-8-21-13(29)10-27-11-22-16-14(27)17(30)26(3)18(31)25(16)2/h4-7,11,14,16H,8-10H2,1-3H3,(H,21,29). The average Bonchev–Trinajstić information content (AvgIpc) is 3.33. The molecule has 0 aromatic carbocycles. The summed E-state index contributed by atoms with van der Waals surface area (Å²) in [5.74, 6) is -0.327. The SMILES string of the molecule is CN1C(=O)C2C(N=CN2CC(=O)NCCn2nc(-c3ccccn3)n(C)c2=O)N(C)C1=O. The zero-order chi connectivity index (χ0) is 23.0. The van der Waals surface area contributed by atoms with Crippen LogP contribution in [0.3, 0.4) is 0 Å². The lowest BCUT2D eigenvalue weighted by atomic mass is 10.1. The maximum atomic E-state index is 12.5. The second-order valence-electron chi connectivity index (χ2n) is 7.54. The van der Waals surface area contributed by atoms with Crippen molar-refractivity contribution < 1.29 is 14.4 Å². The summed E-state index contributed by atoms with van der Waals surface area (Å²) in [4.78, 5) is 61.7. The minimum absolute atomic E-state index is 0.109. The van der Waals surface area contributed by atoms with Crippen LogP contribution in [-0.2, 0) is 23.2 Å². The highest BCUT2D eigenvalue weighted by Crippen LogP contribution is 2.24. The molecule has 2 aromatic rings. The lowest BCUT2D eigenvalue weighted by molar-refractivity contribution is -0.136. The summed E-state index contributed by atoms with van der Waals surface area (Å²) in [6, 6.07) is 4.16. The number of hydrogen-bond donors (Lipinski definition) is 1. The molecular formula is C19H23N9O4. The number of aromatic nitrogens is 4. The van der Waals surface area contributed by atoms with Gasteiger partial charge in [0.1, 0.15) is 5.69 Å². The Labute approximate surface area is 182 Å². The van der Waals surface area contributed by atoms with Gasteiger partial charge in [0.25, 0.3) is 5.91 Å². The van der Waals surface area contributed by atoms with Crippen molar-refractivity contribution >= 4 is 24.2 Å². The number of rotatable bonds is 6. The molecular weight excluding hydrogens is 418 g/mol. The van der Waals surface area contributed by atoms with E-state index in [4.69, 9.17) is 0 Å². The third-order valence-electron chi connectivity index (χ3n) is 5.48. The molecule has 1 N–H and O–H groups in total. The highest BCUT2D eigenvalue weighted by Gasteiger charge is 2.48. The number of imide groups is 1. The number of carbonyl (C=O) groups excluding carboxylic acids is 3. The Morgan fingerprint density at radius 1 is 1.16 bits per heavy atom. The quantitative estimate of drug-likeness (QED) is 0.565. The molecule has 0 bridgehead atoms.